The van der Waals surface area contributed by atoms with Crippen molar-refractivity contribution in [1.29, 1.82) is 0 Å². The van der Waals surface area contributed by atoms with Crippen molar-refractivity contribution in [2.75, 3.05) is 0 Å². The molecule has 0 amide bonds. The summed E-state index contributed by atoms with van der Waals surface area (Å²) in [6, 6.07) is 3.67. The summed E-state index contributed by atoms with van der Waals surface area (Å²) in [5, 5.41) is 18.9. The first-order valence-corrected chi connectivity index (χ1v) is 6.75. The molecule has 3 rings (SSSR count). The molecule has 2 N–H and O–H groups in total. The van der Waals surface area contributed by atoms with E-state index in [1.54, 1.807) is 18.5 Å². The summed E-state index contributed by atoms with van der Waals surface area (Å²) in [5.74, 6) is -0.163. The number of aliphatic hydroxyl groups is 1. The second-order valence-electron chi connectivity index (χ2n) is 6.01. The lowest BCUT2D eigenvalue weighted by Gasteiger charge is -2.27. The number of carbonyl (C=O) groups is 1. The van der Waals surface area contributed by atoms with Gasteiger partial charge in [-0.1, -0.05) is 13.8 Å². The number of allylic oxidation sites excluding steroid dienone is 2. The van der Waals surface area contributed by atoms with Crippen LogP contribution in [0.3, 0.4) is 0 Å². The van der Waals surface area contributed by atoms with Crippen LogP contribution in [0.25, 0.3) is 11.0 Å². The summed E-state index contributed by atoms with van der Waals surface area (Å²) in [7, 11) is 0. The second kappa shape index (κ2) is 4.80. The molecule has 1 aliphatic carbocycles. The molecule has 0 fully saturated rings. The Morgan fingerprint density at radius 2 is 2.14 bits per heavy atom. The van der Waals surface area contributed by atoms with Crippen molar-refractivity contribution in [1.82, 2.24) is 9.97 Å². The van der Waals surface area contributed by atoms with Gasteiger partial charge in [-0.25, -0.2) is 4.98 Å². The molecule has 0 unspecified atom stereocenters. The molecule has 0 spiro atoms. The molecular formula is C15H16N4O2. The highest BCUT2D eigenvalue weighted by Crippen LogP contribution is 2.36. The normalized spacial score (nSPS) is 18.9. The number of aliphatic hydroxyl groups excluding tert-OH is 1. The maximum Gasteiger partial charge on any atom is 0.187 e. The van der Waals surface area contributed by atoms with E-state index in [4.69, 9.17) is 0 Å². The summed E-state index contributed by atoms with van der Waals surface area (Å²) < 4.78 is 0. The number of azo groups is 1. The van der Waals surface area contributed by atoms with Gasteiger partial charge in [0, 0.05) is 30.6 Å². The Morgan fingerprint density at radius 1 is 1.33 bits per heavy atom. The number of fused-ring (bicyclic) bond motifs is 1. The van der Waals surface area contributed by atoms with Crippen LogP contribution in [0.1, 0.15) is 26.7 Å². The zero-order valence-electron chi connectivity index (χ0n) is 11.9. The number of H-pyrrole nitrogens is 1. The smallest absolute Gasteiger partial charge is 0.187 e. The van der Waals surface area contributed by atoms with Crippen LogP contribution < -0.4 is 0 Å². The molecule has 6 nitrogen and oxygen atoms in total. The minimum Gasteiger partial charge on any atom is -0.510 e. The number of nitrogens with zero attached hydrogens (tertiary/aromatic N) is 3. The van der Waals surface area contributed by atoms with Gasteiger partial charge >= 0.3 is 0 Å². The molecular weight excluding hydrogens is 268 g/mol. The van der Waals surface area contributed by atoms with E-state index in [1.165, 1.54) is 0 Å². The monoisotopic (exact) mass is 284 g/mol. The molecule has 0 radical (unpaired) electrons. The topological polar surface area (TPSA) is 90.7 Å². The van der Waals surface area contributed by atoms with Crippen molar-refractivity contribution in [3.05, 3.63) is 36.0 Å². The predicted octanol–water partition coefficient (Wildman–Crippen LogP) is 3.81. The van der Waals surface area contributed by atoms with Crippen LogP contribution in [-0.2, 0) is 4.79 Å². The molecule has 0 atom stereocenters. The lowest BCUT2D eigenvalue weighted by atomic mass is 9.78. The SMILES string of the molecule is CC1(C)CC(=O)C(N=Nc2c[nH]c3ncccc23)=C(O)C1. The number of Topliss-reactive ketones (excluding diaryl/α,β-unsaturated/α-hetero) is 1. The Bertz CT molecular complexity index is 771. The molecule has 0 bridgehead atoms. The highest BCUT2D eigenvalue weighted by atomic mass is 16.3. The molecule has 2 heterocycles. The van der Waals surface area contributed by atoms with Crippen molar-refractivity contribution < 1.29 is 9.90 Å². The number of ketones is 1. The van der Waals surface area contributed by atoms with Gasteiger partial charge in [0.1, 0.15) is 17.1 Å². The molecule has 6 heteroatoms. The molecule has 0 saturated carbocycles. The van der Waals surface area contributed by atoms with Gasteiger partial charge in [-0.05, 0) is 17.5 Å². The molecule has 2 aromatic rings. The van der Waals surface area contributed by atoms with E-state index < -0.39 is 0 Å². The predicted molar refractivity (Wildman–Crippen MR) is 78.3 cm³/mol. The van der Waals surface area contributed by atoms with E-state index in [0.717, 1.165) is 5.39 Å². The van der Waals surface area contributed by atoms with Crippen molar-refractivity contribution in [2.45, 2.75) is 26.7 Å². The molecule has 0 aromatic carbocycles. The van der Waals surface area contributed by atoms with E-state index in [-0.39, 0.29) is 22.7 Å². The molecule has 21 heavy (non-hydrogen) atoms. The fourth-order valence-corrected chi connectivity index (χ4v) is 2.52. The van der Waals surface area contributed by atoms with Crippen LogP contribution in [-0.4, -0.2) is 20.9 Å². The number of aromatic nitrogens is 2. The van der Waals surface area contributed by atoms with Crippen LogP contribution >= 0.6 is 0 Å². The van der Waals surface area contributed by atoms with Crippen LogP contribution in [0.5, 0.6) is 0 Å². The summed E-state index contributed by atoms with van der Waals surface area (Å²) in [4.78, 5) is 19.2. The Balaban J connectivity index is 1.94. The third-order valence-electron chi connectivity index (χ3n) is 3.51. The first-order valence-electron chi connectivity index (χ1n) is 6.75. The van der Waals surface area contributed by atoms with Crippen molar-refractivity contribution >= 4 is 22.5 Å². The van der Waals surface area contributed by atoms with Crippen molar-refractivity contribution in [2.24, 2.45) is 15.6 Å². The Hall–Kier alpha value is -2.50. The van der Waals surface area contributed by atoms with Gasteiger partial charge in [0.25, 0.3) is 0 Å². The maximum atomic E-state index is 12.1. The average Bonchev–Trinajstić information content (AvgIpc) is 2.80. The first-order chi connectivity index (χ1) is 9.96. The molecule has 0 saturated heterocycles. The number of aromatic amines is 1. The summed E-state index contributed by atoms with van der Waals surface area (Å²) in [6.07, 6.45) is 4.15. The zero-order chi connectivity index (χ0) is 15.0. The summed E-state index contributed by atoms with van der Waals surface area (Å²) in [5.41, 5.74) is 1.13. The van der Waals surface area contributed by atoms with Crippen molar-refractivity contribution in [3.63, 3.8) is 0 Å². The van der Waals surface area contributed by atoms with Gasteiger partial charge in [0.2, 0.25) is 0 Å². The van der Waals surface area contributed by atoms with Crippen LogP contribution in [0.4, 0.5) is 5.69 Å². The lowest BCUT2D eigenvalue weighted by Crippen LogP contribution is -2.25. The van der Waals surface area contributed by atoms with Crippen LogP contribution in [0.2, 0.25) is 0 Å². The standard InChI is InChI=1S/C15H16N4O2/c1-15(2)6-11(20)13(12(21)7-15)19-18-10-8-17-14-9(10)4-3-5-16-14/h3-5,8,20H,6-7H2,1-2H3,(H,16,17). The number of pyridine rings is 1. The Labute approximate surface area is 121 Å². The summed E-state index contributed by atoms with van der Waals surface area (Å²) >= 11 is 0. The first kappa shape index (κ1) is 13.5. The minimum absolute atomic E-state index is 0.0120. The van der Waals surface area contributed by atoms with Crippen molar-refractivity contribution in [3.8, 4) is 0 Å². The number of nitrogens with one attached hydrogen (secondary N) is 1. The van der Waals surface area contributed by atoms with Gasteiger partial charge in [0.15, 0.2) is 11.5 Å². The zero-order valence-corrected chi connectivity index (χ0v) is 11.9. The van der Waals surface area contributed by atoms with Gasteiger partial charge in [-0.3, -0.25) is 4.79 Å². The average molecular weight is 284 g/mol. The highest BCUT2D eigenvalue weighted by Gasteiger charge is 2.33. The van der Waals surface area contributed by atoms with Crippen LogP contribution in [0, 0.1) is 5.41 Å². The molecule has 1 aliphatic rings. The Morgan fingerprint density at radius 3 is 2.90 bits per heavy atom. The fourth-order valence-electron chi connectivity index (χ4n) is 2.52. The second-order valence-corrected chi connectivity index (χ2v) is 6.01. The molecule has 2 aromatic heterocycles. The number of hydrogen-bond acceptors (Lipinski definition) is 5. The maximum absolute atomic E-state index is 12.1. The van der Waals surface area contributed by atoms with Gasteiger partial charge in [-0.15, -0.1) is 10.2 Å². The Kier molecular flexibility index (Phi) is 3.08. The molecule has 0 aliphatic heterocycles. The number of hydrogen-bond donors (Lipinski definition) is 2. The van der Waals surface area contributed by atoms with Gasteiger partial charge in [0.05, 0.1) is 0 Å². The number of rotatable bonds is 2. The largest absolute Gasteiger partial charge is 0.510 e. The van der Waals surface area contributed by atoms with E-state index in [9.17, 15) is 9.90 Å². The van der Waals surface area contributed by atoms with Crippen LogP contribution in [0.15, 0.2) is 46.2 Å². The van der Waals surface area contributed by atoms with Gasteiger partial charge in [-0.2, -0.15) is 0 Å². The molecule has 108 valence electrons. The lowest BCUT2D eigenvalue weighted by molar-refractivity contribution is -0.118. The van der Waals surface area contributed by atoms with E-state index in [0.29, 0.717) is 24.2 Å². The van der Waals surface area contributed by atoms with E-state index >= 15 is 0 Å². The van der Waals surface area contributed by atoms with E-state index in [1.807, 2.05) is 19.9 Å². The minimum atomic E-state index is -0.231. The highest BCUT2D eigenvalue weighted by molar-refractivity contribution is 5.96. The van der Waals surface area contributed by atoms with Gasteiger partial charge < -0.3 is 10.1 Å². The summed E-state index contributed by atoms with van der Waals surface area (Å²) in [6.45, 7) is 3.89. The third kappa shape index (κ3) is 2.56. The number of carbonyl (C=O) groups excluding carboxylic acids is 1. The third-order valence-corrected chi connectivity index (χ3v) is 3.51. The van der Waals surface area contributed by atoms with E-state index in [2.05, 4.69) is 20.2 Å². The quantitative estimate of drug-likeness (QED) is 0.821. The fraction of sp³-hybridized carbons (Fsp3) is 0.333.